The van der Waals surface area contributed by atoms with Crippen LogP contribution in [0, 0.1) is 0 Å². The molecule has 0 bridgehead atoms. The lowest BCUT2D eigenvalue weighted by Gasteiger charge is -2.31. The van der Waals surface area contributed by atoms with Gasteiger partial charge >= 0.3 is 23.9 Å². The van der Waals surface area contributed by atoms with E-state index in [1.165, 1.54) is 13.8 Å². The molecule has 9 heteroatoms. The van der Waals surface area contributed by atoms with Gasteiger partial charge in [0.25, 0.3) is 0 Å². The van der Waals surface area contributed by atoms with Crippen LogP contribution < -0.4 is 0 Å². The lowest BCUT2D eigenvalue weighted by molar-refractivity contribution is -0.193. The van der Waals surface area contributed by atoms with Gasteiger partial charge in [-0.15, -0.1) is 0 Å². The van der Waals surface area contributed by atoms with Crippen molar-refractivity contribution in [2.75, 3.05) is 13.2 Å². The summed E-state index contributed by atoms with van der Waals surface area (Å²) in [6.45, 7) is 4.35. The third-order valence-corrected chi connectivity index (χ3v) is 3.51. The normalized spacial score (nSPS) is 13.5. The van der Waals surface area contributed by atoms with E-state index in [0.717, 1.165) is 19.4 Å². The fraction of sp³-hybridized carbons (Fsp3) is 0.500. The number of rotatable bonds is 11. The molecular weight excluding hydrogens is 384 g/mol. The van der Waals surface area contributed by atoms with E-state index in [2.05, 4.69) is 0 Å². The lowest BCUT2D eigenvalue weighted by Crippen LogP contribution is -2.49. The van der Waals surface area contributed by atoms with E-state index in [9.17, 15) is 19.2 Å². The zero-order valence-corrected chi connectivity index (χ0v) is 16.9. The average Bonchev–Trinajstić information content (AvgIpc) is 2.62. The molecule has 0 N–H and O–H groups in total. The molecule has 0 unspecified atom stereocenters. The predicted molar refractivity (Wildman–Crippen MR) is 99.4 cm³/mol. The summed E-state index contributed by atoms with van der Waals surface area (Å²) in [4.78, 5) is 45.9. The maximum atomic E-state index is 11.6. The van der Waals surface area contributed by atoms with Crippen molar-refractivity contribution in [1.29, 1.82) is 0 Å². The summed E-state index contributed by atoms with van der Waals surface area (Å²) in [6, 6.07) is 9.26. The zero-order valence-electron chi connectivity index (χ0n) is 16.9. The minimum absolute atomic E-state index is 0.149. The molecule has 0 aliphatic heterocycles. The van der Waals surface area contributed by atoms with Gasteiger partial charge < -0.3 is 23.7 Å². The standard InChI is InChI=1S/C20H26O9/c1-13(21)26-12-19(28-15(3)23)20(29-16(4)24)18(27-14(2)22)11-25-10-17-8-6-5-7-9-17/h5-9,18-20H,10-12H2,1-4H3/t18-,19-,20-/m1/s1. The molecule has 0 heterocycles. The second kappa shape index (κ2) is 12.5. The molecule has 29 heavy (non-hydrogen) atoms. The van der Waals surface area contributed by atoms with Gasteiger partial charge in [0.05, 0.1) is 13.2 Å². The van der Waals surface area contributed by atoms with Crippen molar-refractivity contribution >= 4 is 23.9 Å². The number of hydrogen-bond donors (Lipinski definition) is 0. The van der Waals surface area contributed by atoms with Gasteiger partial charge in [-0.2, -0.15) is 0 Å². The molecule has 0 saturated carbocycles. The zero-order chi connectivity index (χ0) is 21.8. The number of benzene rings is 1. The molecule has 1 aromatic rings. The van der Waals surface area contributed by atoms with E-state index in [-0.39, 0.29) is 19.8 Å². The molecule has 0 radical (unpaired) electrons. The third kappa shape index (κ3) is 10.2. The Morgan fingerprint density at radius 1 is 0.724 bits per heavy atom. The molecule has 0 aromatic heterocycles. The topological polar surface area (TPSA) is 114 Å². The Balaban J connectivity index is 3.00. The Bertz CT molecular complexity index is 686. The Labute approximate surface area is 169 Å². The Kier molecular flexibility index (Phi) is 10.4. The molecule has 0 amide bonds. The summed E-state index contributed by atoms with van der Waals surface area (Å²) in [5, 5.41) is 0. The Hall–Kier alpha value is -2.94. The molecule has 0 spiro atoms. The van der Waals surface area contributed by atoms with Crippen LogP contribution in [-0.2, 0) is 49.5 Å². The number of carbonyl (C=O) groups is 4. The van der Waals surface area contributed by atoms with E-state index in [4.69, 9.17) is 23.7 Å². The highest BCUT2D eigenvalue weighted by Crippen LogP contribution is 2.16. The molecule has 160 valence electrons. The molecule has 0 fully saturated rings. The van der Waals surface area contributed by atoms with Crippen LogP contribution in [0.5, 0.6) is 0 Å². The average molecular weight is 410 g/mol. The van der Waals surface area contributed by atoms with Gasteiger partial charge in [0.15, 0.2) is 18.3 Å². The summed E-state index contributed by atoms with van der Waals surface area (Å²) in [5.74, 6) is -2.65. The van der Waals surface area contributed by atoms with Crippen LogP contribution in [-0.4, -0.2) is 55.4 Å². The van der Waals surface area contributed by atoms with Gasteiger partial charge in [-0.05, 0) is 5.56 Å². The van der Waals surface area contributed by atoms with Crippen molar-refractivity contribution in [1.82, 2.24) is 0 Å². The molecular formula is C20H26O9. The Morgan fingerprint density at radius 3 is 1.72 bits per heavy atom. The van der Waals surface area contributed by atoms with E-state index in [1.54, 1.807) is 0 Å². The minimum atomic E-state index is -1.24. The van der Waals surface area contributed by atoms with Gasteiger partial charge in [-0.3, -0.25) is 19.2 Å². The first-order valence-corrected chi connectivity index (χ1v) is 8.95. The number of esters is 4. The van der Waals surface area contributed by atoms with Crippen LogP contribution in [0.4, 0.5) is 0 Å². The number of ether oxygens (including phenoxy) is 5. The van der Waals surface area contributed by atoms with Crippen molar-refractivity contribution in [3.05, 3.63) is 35.9 Å². The largest absolute Gasteiger partial charge is 0.462 e. The molecule has 9 nitrogen and oxygen atoms in total. The maximum absolute atomic E-state index is 11.6. The molecule has 0 aliphatic carbocycles. The third-order valence-electron chi connectivity index (χ3n) is 3.51. The van der Waals surface area contributed by atoms with Crippen LogP contribution in [0.2, 0.25) is 0 Å². The smallest absolute Gasteiger partial charge is 0.303 e. The summed E-state index contributed by atoms with van der Waals surface area (Å²) >= 11 is 0. The van der Waals surface area contributed by atoms with Crippen LogP contribution in [0.15, 0.2) is 30.3 Å². The highest BCUT2D eigenvalue weighted by molar-refractivity contribution is 5.68. The molecule has 3 atom stereocenters. The summed E-state index contributed by atoms with van der Waals surface area (Å²) in [5.41, 5.74) is 0.884. The molecule has 0 saturated heterocycles. The number of carbonyl (C=O) groups excluding carboxylic acids is 4. The van der Waals surface area contributed by atoms with Gasteiger partial charge in [-0.1, -0.05) is 30.3 Å². The summed E-state index contributed by atoms with van der Waals surface area (Å²) < 4.78 is 26.2. The fourth-order valence-corrected chi connectivity index (χ4v) is 2.47. The second-order valence-electron chi connectivity index (χ2n) is 6.17. The van der Waals surface area contributed by atoms with Crippen molar-refractivity contribution < 1.29 is 42.9 Å². The highest BCUT2D eigenvalue weighted by atomic mass is 16.6. The van der Waals surface area contributed by atoms with E-state index >= 15 is 0 Å². The van der Waals surface area contributed by atoms with Crippen molar-refractivity contribution in [3.63, 3.8) is 0 Å². The van der Waals surface area contributed by atoms with Crippen LogP contribution in [0.1, 0.15) is 33.3 Å². The van der Waals surface area contributed by atoms with Gasteiger partial charge in [0.2, 0.25) is 0 Å². The first-order chi connectivity index (χ1) is 13.7. The first kappa shape index (κ1) is 24.1. The van der Waals surface area contributed by atoms with Gasteiger partial charge in [-0.25, -0.2) is 0 Å². The minimum Gasteiger partial charge on any atom is -0.462 e. The first-order valence-electron chi connectivity index (χ1n) is 8.95. The van der Waals surface area contributed by atoms with E-state index < -0.39 is 42.2 Å². The van der Waals surface area contributed by atoms with Crippen molar-refractivity contribution in [3.8, 4) is 0 Å². The van der Waals surface area contributed by atoms with E-state index in [0.29, 0.717) is 0 Å². The van der Waals surface area contributed by atoms with Crippen molar-refractivity contribution in [2.24, 2.45) is 0 Å². The maximum Gasteiger partial charge on any atom is 0.303 e. The number of hydrogen-bond acceptors (Lipinski definition) is 9. The molecule has 1 aromatic carbocycles. The van der Waals surface area contributed by atoms with Gasteiger partial charge in [0, 0.05) is 27.7 Å². The lowest BCUT2D eigenvalue weighted by atomic mass is 10.1. The Morgan fingerprint density at radius 2 is 1.24 bits per heavy atom. The quantitative estimate of drug-likeness (QED) is 0.396. The SMILES string of the molecule is CC(=O)OC[C@@H](OC(C)=O)[C@H](OC(C)=O)[C@@H](COCc1ccccc1)OC(C)=O. The summed E-state index contributed by atoms with van der Waals surface area (Å²) in [7, 11) is 0. The predicted octanol–water partition coefficient (Wildman–Crippen LogP) is 1.56. The van der Waals surface area contributed by atoms with Gasteiger partial charge in [0.1, 0.15) is 6.61 Å². The van der Waals surface area contributed by atoms with Crippen molar-refractivity contribution in [2.45, 2.75) is 52.6 Å². The van der Waals surface area contributed by atoms with E-state index in [1.807, 2.05) is 30.3 Å². The van der Waals surface area contributed by atoms with Crippen LogP contribution in [0.25, 0.3) is 0 Å². The highest BCUT2D eigenvalue weighted by Gasteiger charge is 2.38. The van der Waals surface area contributed by atoms with Crippen LogP contribution >= 0.6 is 0 Å². The fourth-order valence-electron chi connectivity index (χ4n) is 2.47. The summed E-state index contributed by atoms with van der Waals surface area (Å²) in [6.07, 6.45) is -3.53. The molecule has 0 aliphatic rings. The van der Waals surface area contributed by atoms with Crippen LogP contribution in [0.3, 0.4) is 0 Å². The molecule has 1 rings (SSSR count). The monoisotopic (exact) mass is 410 g/mol. The second-order valence-corrected chi connectivity index (χ2v) is 6.17.